The molecule has 17 heavy (non-hydrogen) atoms. The number of rotatable bonds is 3. The minimum atomic E-state index is 0.0710. The van der Waals surface area contributed by atoms with E-state index in [2.05, 4.69) is 15.1 Å². The topological polar surface area (TPSA) is 78.9 Å². The summed E-state index contributed by atoms with van der Waals surface area (Å²) in [5.41, 5.74) is 8.19. The zero-order valence-electron chi connectivity index (χ0n) is 10.6. The summed E-state index contributed by atoms with van der Waals surface area (Å²) in [5, 5.41) is 16.1. The predicted octanol–water partition coefficient (Wildman–Crippen LogP) is 1.37. The molecule has 0 amide bonds. The molecule has 1 fully saturated rings. The van der Waals surface area contributed by atoms with E-state index in [9.17, 15) is 0 Å². The molecule has 1 aliphatic carbocycles. The lowest BCUT2D eigenvalue weighted by atomic mass is 9.91. The van der Waals surface area contributed by atoms with Gasteiger partial charge in [-0.2, -0.15) is 5.10 Å². The lowest BCUT2D eigenvalue weighted by Crippen LogP contribution is -2.39. The summed E-state index contributed by atoms with van der Waals surface area (Å²) in [7, 11) is 2.01. The molecule has 0 unspecified atom stereocenters. The van der Waals surface area contributed by atoms with Crippen molar-refractivity contribution in [2.45, 2.75) is 39.2 Å². The molecule has 5 nitrogen and oxygen atoms in total. The van der Waals surface area contributed by atoms with Crippen LogP contribution < -0.4 is 10.6 Å². The second kappa shape index (κ2) is 4.31. The molecule has 0 spiro atoms. The third kappa shape index (κ3) is 1.97. The third-order valence-electron chi connectivity index (χ3n) is 3.66. The maximum atomic E-state index is 7.71. The van der Waals surface area contributed by atoms with Crippen LogP contribution in [0.1, 0.15) is 36.1 Å². The van der Waals surface area contributed by atoms with Crippen LogP contribution in [0.4, 0.5) is 5.82 Å². The van der Waals surface area contributed by atoms with E-state index in [0.717, 1.165) is 22.6 Å². The Balaban J connectivity index is 2.45. The fraction of sp³-hybridized carbons (Fsp3) is 0.583. The summed E-state index contributed by atoms with van der Waals surface area (Å²) in [6, 6.07) is 0.518. The highest BCUT2D eigenvalue weighted by molar-refractivity contribution is 6.01. The number of nitrogens with two attached hydrogens (primary N) is 1. The second-order valence-corrected chi connectivity index (χ2v) is 4.72. The number of nitrogen functional groups attached to an aromatic ring is 1. The highest BCUT2D eigenvalue weighted by Crippen LogP contribution is 2.30. The summed E-state index contributed by atoms with van der Waals surface area (Å²) in [6.45, 7) is 3.83. The number of aromatic nitrogens is 2. The maximum Gasteiger partial charge on any atom is 0.162 e. The van der Waals surface area contributed by atoms with E-state index in [1.165, 1.54) is 19.3 Å². The predicted molar refractivity (Wildman–Crippen MR) is 68.6 cm³/mol. The van der Waals surface area contributed by atoms with Gasteiger partial charge in [0.25, 0.3) is 0 Å². The van der Waals surface area contributed by atoms with Crippen molar-refractivity contribution < 1.29 is 0 Å². The normalized spacial score (nSPS) is 15.5. The van der Waals surface area contributed by atoms with Gasteiger partial charge in [-0.25, -0.2) is 0 Å². The van der Waals surface area contributed by atoms with E-state index in [-0.39, 0.29) is 5.84 Å². The van der Waals surface area contributed by atoms with Gasteiger partial charge in [0.2, 0.25) is 0 Å². The van der Waals surface area contributed by atoms with Gasteiger partial charge in [0.15, 0.2) is 5.82 Å². The summed E-state index contributed by atoms with van der Waals surface area (Å²) < 4.78 is 0. The van der Waals surface area contributed by atoms with Crippen LogP contribution in [-0.2, 0) is 0 Å². The molecule has 1 heterocycles. The second-order valence-electron chi connectivity index (χ2n) is 4.72. The van der Waals surface area contributed by atoms with Crippen molar-refractivity contribution in [1.82, 2.24) is 10.2 Å². The van der Waals surface area contributed by atoms with Gasteiger partial charge in [-0.3, -0.25) is 5.41 Å². The van der Waals surface area contributed by atoms with Gasteiger partial charge in [0, 0.05) is 13.1 Å². The summed E-state index contributed by atoms with van der Waals surface area (Å²) >= 11 is 0. The molecule has 92 valence electrons. The first-order chi connectivity index (χ1) is 8.02. The zero-order chi connectivity index (χ0) is 12.6. The number of nitrogens with one attached hydrogen (secondary N) is 1. The quantitative estimate of drug-likeness (QED) is 0.610. The van der Waals surface area contributed by atoms with E-state index in [1.54, 1.807) is 0 Å². The van der Waals surface area contributed by atoms with E-state index in [4.69, 9.17) is 11.1 Å². The summed E-state index contributed by atoms with van der Waals surface area (Å²) in [4.78, 5) is 2.11. The molecule has 0 saturated heterocycles. The minimum absolute atomic E-state index is 0.0710. The molecule has 0 aromatic carbocycles. The number of anilines is 1. The van der Waals surface area contributed by atoms with E-state index in [1.807, 2.05) is 20.9 Å². The number of aryl methyl sites for hydroxylation is 1. The minimum Gasteiger partial charge on any atom is -0.384 e. The Morgan fingerprint density at radius 3 is 2.47 bits per heavy atom. The SMILES string of the molecule is Cc1nnc(N(C)C2CCC2)c(C(=N)N)c1C. The van der Waals surface area contributed by atoms with Gasteiger partial charge in [0.05, 0.1) is 11.3 Å². The molecule has 1 aromatic rings. The molecular formula is C12H19N5. The lowest BCUT2D eigenvalue weighted by Gasteiger charge is -2.36. The van der Waals surface area contributed by atoms with Gasteiger partial charge < -0.3 is 10.6 Å². The molecule has 0 atom stereocenters. The van der Waals surface area contributed by atoms with Crippen LogP contribution in [0.15, 0.2) is 0 Å². The van der Waals surface area contributed by atoms with Crippen molar-refractivity contribution in [1.29, 1.82) is 5.41 Å². The fourth-order valence-electron chi connectivity index (χ4n) is 2.11. The lowest BCUT2D eigenvalue weighted by molar-refractivity contribution is 0.398. The molecular weight excluding hydrogens is 214 g/mol. The molecule has 1 saturated carbocycles. The Morgan fingerprint density at radius 1 is 1.35 bits per heavy atom. The van der Waals surface area contributed by atoms with Gasteiger partial charge in [-0.15, -0.1) is 5.10 Å². The third-order valence-corrected chi connectivity index (χ3v) is 3.66. The average molecular weight is 233 g/mol. The highest BCUT2D eigenvalue weighted by Gasteiger charge is 2.26. The Morgan fingerprint density at radius 2 is 2.00 bits per heavy atom. The molecule has 3 N–H and O–H groups in total. The first-order valence-electron chi connectivity index (χ1n) is 5.93. The number of amidine groups is 1. The van der Waals surface area contributed by atoms with Crippen molar-refractivity contribution in [3.63, 3.8) is 0 Å². The van der Waals surface area contributed by atoms with Crippen LogP contribution >= 0.6 is 0 Å². The van der Waals surface area contributed by atoms with Crippen LogP contribution in [0.5, 0.6) is 0 Å². The molecule has 0 bridgehead atoms. The molecule has 2 rings (SSSR count). The van der Waals surface area contributed by atoms with E-state index in [0.29, 0.717) is 6.04 Å². The van der Waals surface area contributed by atoms with Gasteiger partial charge >= 0.3 is 0 Å². The first-order valence-corrected chi connectivity index (χ1v) is 5.93. The number of hydrogen-bond acceptors (Lipinski definition) is 4. The molecule has 5 heteroatoms. The molecule has 1 aliphatic rings. The Bertz CT molecular complexity index is 450. The average Bonchev–Trinajstić information content (AvgIpc) is 2.18. The number of nitrogens with zero attached hydrogens (tertiary/aromatic N) is 3. The summed E-state index contributed by atoms with van der Waals surface area (Å²) in [6.07, 6.45) is 3.63. The van der Waals surface area contributed by atoms with E-state index < -0.39 is 0 Å². The van der Waals surface area contributed by atoms with Crippen molar-refractivity contribution in [2.75, 3.05) is 11.9 Å². The molecule has 0 aliphatic heterocycles. The van der Waals surface area contributed by atoms with Gasteiger partial charge in [-0.05, 0) is 38.7 Å². The van der Waals surface area contributed by atoms with Crippen LogP contribution in [-0.4, -0.2) is 29.1 Å². The van der Waals surface area contributed by atoms with E-state index >= 15 is 0 Å². The standard InChI is InChI=1S/C12H19N5/c1-7-8(2)15-16-12(10(7)11(13)14)17(3)9-5-4-6-9/h9H,4-6H2,1-3H3,(H3,13,14). The molecule has 0 radical (unpaired) electrons. The first kappa shape index (κ1) is 11.8. The van der Waals surface area contributed by atoms with Crippen LogP contribution in [0, 0.1) is 19.3 Å². The monoisotopic (exact) mass is 233 g/mol. The fourth-order valence-corrected chi connectivity index (χ4v) is 2.11. The maximum absolute atomic E-state index is 7.71. The Kier molecular flexibility index (Phi) is 3.00. The van der Waals surface area contributed by atoms with Crippen molar-refractivity contribution >= 4 is 11.7 Å². The van der Waals surface area contributed by atoms with Crippen molar-refractivity contribution in [3.05, 3.63) is 16.8 Å². The van der Waals surface area contributed by atoms with Crippen LogP contribution in [0.3, 0.4) is 0 Å². The zero-order valence-corrected chi connectivity index (χ0v) is 10.6. The van der Waals surface area contributed by atoms with Gasteiger partial charge in [0.1, 0.15) is 5.84 Å². The largest absolute Gasteiger partial charge is 0.384 e. The van der Waals surface area contributed by atoms with Crippen molar-refractivity contribution in [2.24, 2.45) is 5.73 Å². The molecule has 1 aromatic heterocycles. The van der Waals surface area contributed by atoms with Crippen LogP contribution in [0.2, 0.25) is 0 Å². The van der Waals surface area contributed by atoms with Gasteiger partial charge in [-0.1, -0.05) is 0 Å². The Labute approximate surface area is 102 Å². The highest BCUT2D eigenvalue weighted by atomic mass is 15.3. The smallest absolute Gasteiger partial charge is 0.162 e. The number of hydrogen-bond donors (Lipinski definition) is 2. The Hall–Kier alpha value is -1.65. The van der Waals surface area contributed by atoms with Crippen LogP contribution in [0.25, 0.3) is 0 Å². The summed E-state index contributed by atoms with van der Waals surface area (Å²) in [5.74, 6) is 0.812. The van der Waals surface area contributed by atoms with Crippen molar-refractivity contribution in [3.8, 4) is 0 Å².